The molecule has 0 saturated heterocycles. The summed E-state index contributed by atoms with van der Waals surface area (Å²) in [6.07, 6.45) is 0.636. The van der Waals surface area contributed by atoms with Gasteiger partial charge < -0.3 is 14.8 Å². The van der Waals surface area contributed by atoms with Crippen molar-refractivity contribution in [3.05, 3.63) is 58.1 Å². The van der Waals surface area contributed by atoms with Gasteiger partial charge in [0.1, 0.15) is 11.0 Å². The minimum atomic E-state index is -0.842. The van der Waals surface area contributed by atoms with E-state index >= 15 is 0 Å². The Morgan fingerprint density at radius 2 is 1.88 bits per heavy atom. The van der Waals surface area contributed by atoms with Gasteiger partial charge in [0.05, 0.1) is 4.92 Å². The second kappa shape index (κ2) is 9.83. The fraction of sp³-hybridized carbons (Fsp3) is 0.273. The number of non-ortho nitro benzene ring substituents is 1. The Kier molecular flexibility index (Phi) is 6.68. The molecule has 2 amide bonds. The van der Waals surface area contributed by atoms with Crippen molar-refractivity contribution in [1.82, 2.24) is 15.5 Å². The Bertz CT molecular complexity index is 1230. The third-order valence-corrected chi connectivity index (χ3v) is 6.28. The van der Waals surface area contributed by atoms with Gasteiger partial charge >= 0.3 is 0 Å². The van der Waals surface area contributed by atoms with Crippen LogP contribution in [0.4, 0.5) is 10.8 Å². The Morgan fingerprint density at radius 1 is 1.15 bits per heavy atom. The van der Waals surface area contributed by atoms with Crippen LogP contribution in [0, 0.1) is 16.0 Å². The van der Waals surface area contributed by atoms with Crippen LogP contribution in [-0.4, -0.2) is 39.8 Å². The molecule has 2 aromatic carbocycles. The van der Waals surface area contributed by atoms with Gasteiger partial charge in [-0.1, -0.05) is 31.6 Å². The number of nitrogens with zero attached hydrogens (tertiary/aromatic N) is 3. The maximum Gasteiger partial charge on any atom is 0.269 e. The van der Waals surface area contributed by atoms with E-state index < -0.39 is 22.8 Å². The van der Waals surface area contributed by atoms with Crippen LogP contribution < -0.4 is 20.1 Å². The van der Waals surface area contributed by atoms with Crippen molar-refractivity contribution in [2.24, 2.45) is 5.92 Å². The lowest BCUT2D eigenvalue weighted by Crippen LogP contribution is -2.47. The van der Waals surface area contributed by atoms with Crippen molar-refractivity contribution < 1.29 is 24.0 Å². The first-order valence-electron chi connectivity index (χ1n) is 10.5. The molecule has 2 N–H and O–H groups in total. The largest absolute Gasteiger partial charge is 0.454 e. The molecule has 12 heteroatoms. The van der Waals surface area contributed by atoms with E-state index in [9.17, 15) is 19.7 Å². The average Bonchev–Trinajstić information content (AvgIpc) is 3.50. The Morgan fingerprint density at radius 3 is 2.59 bits per heavy atom. The van der Waals surface area contributed by atoms with Crippen LogP contribution in [0.25, 0.3) is 10.6 Å². The molecule has 0 radical (unpaired) electrons. The van der Waals surface area contributed by atoms with Crippen molar-refractivity contribution >= 4 is 34.0 Å². The van der Waals surface area contributed by atoms with E-state index in [4.69, 9.17) is 9.47 Å². The summed E-state index contributed by atoms with van der Waals surface area (Å²) in [6.45, 7) is 3.92. The maximum absolute atomic E-state index is 13.0. The molecule has 2 unspecified atom stereocenters. The first kappa shape index (κ1) is 23.1. The zero-order valence-electron chi connectivity index (χ0n) is 18.3. The van der Waals surface area contributed by atoms with E-state index in [0.717, 1.165) is 5.56 Å². The second-order valence-corrected chi connectivity index (χ2v) is 8.59. The van der Waals surface area contributed by atoms with Gasteiger partial charge in [0.15, 0.2) is 11.5 Å². The molecule has 0 saturated carbocycles. The molecule has 4 rings (SSSR count). The Labute approximate surface area is 198 Å². The minimum Gasteiger partial charge on any atom is -0.454 e. The number of fused-ring (bicyclic) bond motifs is 1. The highest BCUT2D eigenvalue weighted by molar-refractivity contribution is 7.18. The van der Waals surface area contributed by atoms with Gasteiger partial charge in [0, 0.05) is 23.3 Å². The standard InChI is InChI=1S/C22H21N5O6S/c1-3-12(2)18(23-19(28)13-4-7-15(8-5-13)27(30)31)20(29)24-22-26-25-21(34-22)14-6-9-16-17(10-14)33-11-32-16/h4-10,12,18H,3,11H2,1-2H3,(H,23,28)(H,24,26,29). The monoisotopic (exact) mass is 483 g/mol. The topological polar surface area (TPSA) is 146 Å². The number of anilines is 1. The lowest BCUT2D eigenvalue weighted by molar-refractivity contribution is -0.384. The number of amides is 2. The molecule has 1 aromatic heterocycles. The van der Waals surface area contributed by atoms with Crippen LogP contribution in [-0.2, 0) is 4.79 Å². The van der Waals surface area contributed by atoms with E-state index in [0.29, 0.717) is 22.9 Å². The number of hydrogen-bond donors (Lipinski definition) is 2. The molecule has 0 aliphatic carbocycles. The number of carbonyl (C=O) groups is 2. The van der Waals surface area contributed by atoms with Gasteiger partial charge in [-0.25, -0.2) is 0 Å². The summed E-state index contributed by atoms with van der Waals surface area (Å²) < 4.78 is 10.7. The van der Waals surface area contributed by atoms with Gasteiger partial charge in [-0.15, -0.1) is 10.2 Å². The van der Waals surface area contributed by atoms with Gasteiger partial charge in [-0.3, -0.25) is 25.0 Å². The van der Waals surface area contributed by atoms with Crippen molar-refractivity contribution in [1.29, 1.82) is 0 Å². The quantitative estimate of drug-likeness (QED) is 0.365. The first-order valence-corrected chi connectivity index (χ1v) is 11.3. The predicted molar refractivity (Wildman–Crippen MR) is 124 cm³/mol. The van der Waals surface area contributed by atoms with Gasteiger partial charge in [0.25, 0.3) is 11.6 Å². The summed E-state index contributed by atoms with van der Waals surface area (Å²) in [7, 11) is 0. The normalized spacial score (nSPS) is 13.7. The minimum absolute atomic E-state index is 0.123. The van der Waals surface area contributed by atoms with Crippen molar-refractivity contribution in [2.75, 3.05) is 12.1 Å². The summed E-state index contributed by atoms with van der Waals surface area (Å²) in [5, 5.41) is 25.3. The van der Waals surface area contributed by atoms with Crippen molar-refractivity contribution in [2.45, 2.75) is 26.3 Å². The third-order valence-electron chi connectivity index (χ3n) is 5.40. The molecular weight excluding hydrogens is 462 g/mol. The van der Waals surface area contributed by atoms with Crippen LogP contribution in [0.5, 0.6) is 11.5 Å². The maximum atomic E-state index is 13.0. The smallest absolute Gasteiger partial charge is 0.269 e. The van der Waals surface area contributed by atoms with Gasteiger partial charge in [0.2, 0.25) is 17.8 Å². The first-order chi connectivity index (χ1) is 16.4. The third kappa shape index (κ3) is 4.96. The Hall–Kier alpha value is -4.06. The summed E-state index contributed by atoms with van der Waals surface area (Å²) >= 11 is 1.19. The van der Waals surface area contributed by atoms with Crippen LogP contribution >= 0.6 is 11.3 Å². The van der Waals surface area contributed by atoms with E-state index in [1.54, 1.807) is 12.1 Å². The zero-order chi connectivity index (χ0) is 24.2. The summed E-state index contributed by atoms with van der Waals surface area (Å²) in [6, 6.07) is 9.74. The Balaban J connectivity index is 1.45. The molecule has 34 heavy (non-hydrogen) atoms. The highest BCUT2D eigenvalue weighted by atomic mass is 32.1. The number of ether oxygens (including phenoxy) is 2. The number of hydrogen-bond acceptors (Lipinski definition) is 9. The number of aromatic nitrogens is 2. The van der Waals surface area contributed by atoms with Crippen molar-refractivity contribution in [3.8, 4) is 22.1 Å². The summed E-state index contributed by atoms with van der Waals surface area (Å²) in [5.41, 5.74) is 0.863. The highest BCUT2D eigenvalue weighted by Gasteiger charge is 2.27. The number of benzene rings is 2. The molecule has 0 bridgehead atoms. The SMILES string of the molecule is CCC(C)C(NC(=O)c1ccc([N+](=O)[O-])cc1)C(=O)Nc1nnc(-c2ccc3c(c2)OCO3)s1. The van der Waals surface area contributed by atoms with Gasteiger partial charge in [-0.2, -0.15) is 0 Å². The number of nitro benzene ring substituents is 1. The van der Waals surface area contributed by atoms with E-state index in [2.05, 4.69) is 20.8 Å². The molecule has 3 aromatic rings. The second-order valence-electron chi connectivity index (χ2n) is 7.61. The van der Waals surface area contributed by atoms with E-state index in [-0.39, 0.29) is 29.1 Å². The van der Waals surface area contributed by atoms with Gasteiger partial charge in [-0.05, 0) is 36.2 Å². The fourth-order valence-electron chi connectivity index (χ4n) is 3.26. The summed E-state index contributed by atoms with van der Waals surface area (Å²) in [4.78, 5) is 36.0. The van der Waals surface area contributed by atoms with E-state index in [1.165, 1.54) is 35.6 Å². The molecule has 1 aliphatic rings. The van der Waals surface area contributed by atoms with Crippen LogP contribution in [0.3, 0.4) is 0 Å². The van der Waals surface area contributed by atoms with Crippen LogP contribution in [0.15, 0.2) is 42.5 Å². The fourth-order valence-corrected chi connectivity index (χ4v) is 4.01. The zero-order valence-corrected chi connectivity index (χ0v) is 19.1. The lowest BCUT2D eigenvalue weighted by atomic mass is 9.98. The average molecular weight is 484 g/mol. The van der Waals surface area contributed by atoms with Crippen LogP contribution in [0.1, 0.15) is 30.6 Å². The molecule has 1 aliphatic heterocycles. The molecule has 2 atom stereocenters. The predicted octanol–water partition coefficient (Wildman–Crippen LogP) is 3.63. The molecule has 0 fully saturated rings. The highest BCUT2D eigenvalue weighted by Crippen LogP contribution is 2.37. The summed E-state index contributed by atoms with van der Waals surface area (Å²) in [5.74, 6) is 0.154. The van der Waals surface area contributed by atoms with E-state index in [1.807, 2.05) is 19.9 Å². The van der Waals surface area contributed by atoms with Crippen molar-refractivity contribution in [3.63, 3.8) is 0 Å². The molecular formula is C22H21N5O6S. The molecule has 11 nitrogen and oxygen atoms in total. The van der Waals surface area contributed by atoms with Crippen LogP contribution in [0.2, 0.25) is 0 Å². The molecule has 176 valence electrons. The number of carbonyl (C=O) groups excluding carboxylic acids is 2. The number of nitrogens with one attached hydrogen (secondary N) is 2. The molecule has 0 spiro atoms. The lowest BCUT2D eigenvalue weighted by Gasteiger charge is -2.23. The number of nitro groups is 1. The number of rotatable bonds is 8. The molecule has 2 heterocycles.